The van der Waals surface area contributed by atoms with Crippen LogP contribution in [0, 0.1) is 10.1 Å². The lowest BCUT2D eigenvalue weighted by atomic mass is 10.1. The van der Waals surface area contributed by atoms with Gasteiger partial charge in [-0.15, -0.1) is 0 Å². The number of hydrogen-bond donors (Lipinski definition) is 0. The number of morpholine rings is 1. The van der Waals surface area contributed by atoms with E-state index >= 15 is 0 Å². The second-order valence-corrected chi connectivity index (χ2v) is 7.24. The fraction of sp³-hybridized carbons (Fsp3) is 0.261. The predicted octanol–water partition coefficient (Wildman–Crippen LogP) is 3.86. The van der Waals surface area contributed by atoms with E-state index < -0.39 is 0 Å². The highest BCUT2D eigenvalue weighted by Crippen LogP contribution is 2.35. The zero-order chi connectivity index (χ0) is 21.5. The molecule has 8 nitrogen and oxygen atoms in total. The predicted molar refractivity (Wildman–Crippen MR) is 120 cm³/mol. The van der Waals surface area contributed by atoms with Crippen molar-refractivity contribution < 1.29 is 9.66 Å². The normalized spacial score (nSPS) is 18.6. The van der Waals surface area contributed by atoms with E-state index in [1.165, 1.54) is 6.07 Å². The van der Waals surface area contributed by atoms with Crippen molar-refractivity contribution in [1.82, 2.24) is 9.88 Å². The van der Waals surface area contributed by atoms with E-state index in [9.17, 15) is 10.1 Å². The number of nitro benzene ring substituents is 1. The molecule has 2 aliphatic rings. The average molecular weight is 417 g/mol. The SMILES string of the molecule is O=[N+]([O-])c1cccc(/C=C2\CCC(/C=N\N=C/c3ccccn3)=C2N2CCOCC2)c1. The summed E-state index contributed by atoms with van der Waals surface area (Å²) < 4.78 is 5.51. The average Bonchev–Trinajstić information content (AvgIpc) is 3.20. The number of pyridine rings is 1. The van der Waals surface area contributed by atoms with Crippen LogP contribution in [0.15, 0.2) is 75.7 Å². The number of rotatable bonds is 6. The van der Waals surface area contributed by atoms with Crippen molar-refractivity contribution >= 4 is 24.2 Å². The van der Waals surface area contributed by atoms with Crippen molar-refractivity contribution in [3.8, 4) is 0 Å². The summed E-state index contributed by atoms with van der Waals surface area (Å²) in [4.78, 5) is 17.3. The Kier molecular flexibility index (Phi) is 6.59. The highest BCUT2D eigenvalue weighted by molar-refractivity contribution is 5.85. The quantitative estimate of drug-likeness (QED) is 0.404. The second-order valence-electron chi connectivity index (χ2n) is 7.24. The number of hydrogen-bond acceptors (Lipinski definition) is 7. The fourth-order valence-electron chi connectivity index (χ4n) is 3.75. The molecule has 0 saturated carbocycles. The Morgan fingerprint density at radius 2 is 1.90 bits per heavy atom. The standard InChI is InChI=1S/C23H23N5O3/c29-28(30)22-6-3-4-18(15-22)14-19-7-8-20(23(19)27-10-12-31-13-11-27)16-25-26-17-21-5-1-2-9-24-21/h1-6,9,14-17H,7-8,10-13H2/b19-14+,25-16-,26-17-. The van der Waals surface area contributed by atoms with Crippen LogP contribution < -0.4 is 0 Å². The van der Waals surface area contributed by atoms with E-state index in [1.807, 2.05) is 30.3 Å². The third-order valence-electron chi connectivity index (χ3n) is 5.18. The van der Waals surface area contributed by atoms with Gasteiger partial charge in [-0.25, -0.2) is 0 Å². The summed E-state index contributed by atoms with van der Waals surface area (Å²) in [6.45, 7) is 2.96. The zero-order valence-electron chi connectivity index (χ0n) is 17.1. The molecule has 0 bridgehead atoms. The molecule has 1 aliphatic carbocycles. The Bertz CT molecular complexity index is 1050. The smallest absolute Gasteiger partial charge is 0.270 e. The lowest BCUT2D eigenvalue weighted by Gasteiger charge is -2.31. The molecule has 2 heterocycles. The van der Waals surface area contributed by atoms with Gasteiger partial charge in [0, 0.05) is 37.1 Å². The molecule has 2 aromatic rings. The third kappa shape index (κ3) is 5.29. The molecule has 1 saturated heterocycles. The van der Waals surface area contributed by atoms with E-state index in [4.69, 9.17) is 4.74 Å². The molecule has 31 heavy (non-hydrogen) atoms. The van der Waals surface area contributed by atoms with Gasteiger partial charge in [-0.2, -0.15) is 10.2 Å². The van der Waals surface area contributed by atoms with Crippen molar-refractivity contribution in [3.63, 3.8) is 0 Å². The fourth-order valence-corrected chi connectivity index (χ4v) is 3.75. The number of ether oxygens (including phenoxy) is 1. The van der Waals surface area contributed by atoms with E-state index in [0.29, 0.717) is 13.2 Å². The van der Waals surface area contributed by atoms with Gasteiger partial charge in [-0.3, -0.25) is 15.1 Å². The molecular weight excluding hydrogens is 394 g/mol. The maximum atomic E-state index is 11.1. The van der Waals surface area contributed by atoms with Crippen molar-refractivity contribution in [2.45, 2.75) is 12.8 Å². The molecule has 8 heteroatoms. The Balaban J connectivity index is 1.62. The molecule has 158 valence electrons. The third-order valence-corrected chi connectivity index (χ3v) is 5.18. The molecule has 1 aromatic heterocycles. The van der Waals surface area contributed by atoms with Gasteiger partial charge in [-0.05, 0) is 47.8 Å². The maximum absolute atomic E-state index is 11.1. The molecule has 0 amide bonds. The van der Waals surface area contributed by atoms with E-state index in [2.05, 4.69) is 20.1 Å². The monoisotopic (exact) mass is 417 g/mol. The lowest BCUT2D eigenvalue weighted by molar-refractivity contribution is -0.384. The van der Waals surface area contributed by atoms with Crippen molar-refractivity contribution in [2.75, 3.05) is 26.3 Å². The highest BCUT2D eigenvalue weighted by Gasteiger charge is 2.25. The van der Waals surface area contributed by atoms with Gasteiger partial charge >= 0.3 is 0 Å². The topological polar surface area (TPSA) is 93.2 Å². The molecule has 0 atom stereocenters. The summed E-state index contributed by atoms with van der Waals surface area (Å²) in [5, 5.41) is 19.5. The van der Waals surface area contributed by atoms with Gasteiger partial charge < -0.3 is 9.64 Å². The Morgan fingerprint density at radius 1 is 1.06 bits per heavy atom. The molecule has 0 unspecified atom stereocenters. The number of nitro groups is 1. The molecule has 0 N–H and O–H groups in total. The number of benzene rings is 1. The molecule has 0 radical (unpaired) electrons. The van der Waals surface area contributed by atoms with E-state index in [1.54, 1.807) is 30.8 Å². The van der Waals surface area contributed by atoms with Crippen LogP contribution >= 0.6 is 0 Å². The van der Waals surface area contributed by atoms with Crippen molar-refractivity contribution in [1.29, 1.82) is 0 Å². The second kappa shape index (κ2) is 9.90. The summed E-state index contributed by atoms with van der Waals surface area (Å²) in [5.41, 5.74) is 5.05. The van der Waals surface area contributed by atoms with Gasteiger partial charge in [0.15, 0.2) is 0 Å². The Hall–Kier alpha value is -3.65. The van der Waals surface area contributed by atoms with Gasteiger partial charge in [0.1, 0.15) is 0 Å². The first kappa shape index (κ1) is 20.6. The first-order valence-corrected chi connectivity index (χ1v) is 10.2. The molecular formula is C23H23N5O3. The van der Waals surface area contributed by atoms with Crippen LogP contribution in [0.2, 0.25) is 0 Å². The van der Waals surface area contributed by atoms with Crippen LogP contribution in [0.5, 0.6) is 0 Å². The minimum absolute atomic E-state index is 0.0925. The molecule has 1 fully saturated rings. The summed E-state index contributed by atoms with van der Waals surface area (Å²) >= 11 is 0. The Labute approximate surface area is 180 Å². The lowest BCUT2D eigenvalue weighted by Crippen LogP contribution is -2.36. The minimum atomic E-state index is -0.368. The Morgan fingerprint density at radius 3 is 2.68 bits per heavy atom. The van der Waals surface area contributed by atoms with Gasteiger partial charge in [0.25, 0.3) is 5.69 Å². The first-order valence-electron chi connectivity index (χ1n) is 10.2. The van der Waals surface area contributed by atoms with E-state index in [0.717, 1.165) is 54.0 Å². The first-order chi connectivity index (χ1) is 15.2. The van der Waals surface area contributed by atoms with E-state index in [-0.39, 0.29) is 10.6 Å². The highest BCUT2D eigenvalue weighted by atomic mass is 16.6. The molecule has 1 aliphatic heterocycles. The molecule has 1 aromatic carbocycles. The number of aromatic nitrogens is 1. The largest absolute Gasteiger partial charge is 0.378 e. The summed E-state index contributed by atoms with van der Waals surface area (Å²) in [7, 11) is 0. The minimum Gasteiger partial charge on any atom is -0.378 e. The van der Waals surface area contributed by atoms with Crippen LogP contribution in [-0.2, 0) is 4.74 Å². The van der Waals surface area contributed by atoms with Crippen LogP contribution in [-0.4, -0.2) is 53.5 Å². The van der Waals surface area contributed by atoms with Crippen LogP contribution in [0.3, 0.4) is 0 Å². The van der Waals surface area contributed by atoms with Gasteiger partial charge in [-0.1, -0.05) is 18.2 Å². The number of non-ortho nitro benzene ring substituents is 1. The van der Waals surface area contributed by atoms with Crippen LogP contribution in [0.25, 0.3) is 6.08 Å². The summed E-state index contributed by atoms with van der Waals surface area (Å²) in [6.07, 6.45) is 8.87. The van der Waals surface area contributed by atoms with Crippen molar-refractivity contribution in [2.24, 2.45) is 10.2 Å². The molecule has 0 spiro atoms. The van der Waals surface area contributed by atoms with Gasteiger partial charge in [0.05, 0.1) is 36.3 Å². The van der Waals surface area contributed by atoms with Crippen molar-refractivity contribution in [3.05, 3.63) is 86.9 Å². The van der Waals surface area contributed by atoms with Crippen LogP contribution in [0.1, 0.15) is 24.1 Å². The molecule has 4 rings (SSSR count). The number of nitrogens with zero attached hydrogens (tertiary/aromatic N) is 5. The zero-order valence-corrected chi connectivity index (χ0v) is 17.1. The van der Waals surface area contributed by atoms with Gasteiger partial charge in [0.2, 0.25) is 0 Å². The maximum Gasteiger partial charge on any atom is 0.270 e. The number of allylic oxidation sites excluding steroid dienone is 2. The summed E-state index contributed by atoms with van der Waals surface area (Å²) in [5.74, 6) is 0. The summed E-state index contributed by atoms with van der Waals surface area (Å²) in [6, 6.07) is 12.3. The van der Waals surface area contributed by atoms with Crippen LogP contribution in [0.4, 0.5) is 5.69 Å².